The van der Waals surface area contributed by atoms with Gasteiger partial charge >= 0.3 is 11.9 Å². The lowest BCUT2D eigenvalue weighted by Gasteiger charge is -2.06. The number of esters is 2. The molecular formula is C48H86O4. The van der Waals surface area contributed by atoms with E-state index in [4.69, 9.17) is 9.47 Å². The molecule has 0 unspecified atom stereocenters. The first-order valence-electron chi connectivity index (χ1n) is 23.1. The Balaban J connectivity index is 1.67. The molecule has 1 aromatic carbocycles. The zero-order valence-corrected chi connectivity index (χ0v) is 34.6. The van der Waals surface area contributed by atoms with E-state index >= 15 is 0 Å². The van der Waals surface area contributed by atoms with Gasteiger partial charge in [0.15, 0.2) is 0 Å². The maximum Gasteiger partial charge on any atom is 0.306 e. The van der Waals surface area contributed by atoms with Crippen LogP contribution < -0.4 is 0 Å². The molecule has 0 aliphatic heterocycles. The maximum absolute atomic E-state index is 12.0. The molecule has 302 valence electrons. The molecule has 0 radical (unpaired) electrons. The van der Waals surface area contributed by atoms with Crippen molar-refractivity contribution in [3.63, 3.8) is 0 Å². The van der Waals surface area contributed by atoms with Crippen LogP contribution in [0.25, 0.3) is 0 Å². The van der Waals surface area contributed by atoms with E-state index in [0.29, 0.717) is 26.1 Å². The summed E-state index contributed by atoms with van der Waals surface area (Å²) in [7, 11) is 0. The Kier molecular flexibility index (Phi) is 37.4. The minimum Gasteiger partial charge on any atom is -0.466 e. The van der Waals surface area contributed by atoms with E-state index in [0.717, 1.165) is 31.2 Å². The van der Waals surface area contributed by atoms with Crippen molar-refractivity contribution in [1.82, 2.24) is 0 Å². The molecule has 0 bridgehead atoms. The van der Waals surface area contributed by atoms with E-state index in [1.54, 1.807) is 0 Å². The number of carbonyl (C=O) groups is 2. The Bertz CT molecular complexity index is 868. The van der Waals surface area contributed by atoms with Crippen molar-refractivity contribution in [1.29, 1.82) is 0 Å². The first-order chi connectivity index (χ1) is 25.7. The lowest BCUT2D eigenvalue weighted by atomic mass is 10.0. The second-order valence-electron chi connectivity index (χ2n) is 15.9. The van der Waals surface area contributed by atoms with Gasteiger partial charge in [0.25, 0.3) is 0 Å². The number of rotatable bonds is 41. The molecule has 4 nitrogen and oxygen atoms in total. The third-order valence-electron chi connectivity index (χ3n) is 10.8. The summed E-state index contributed by atoms with van der Waals surface area (Å²) in [5, 5.41) is 0. The van der Waals surface area contributed by atoms with Gasteiger partial charge in [-0.1, -0.05) is 243 Å². The van der Waals surface area contributed by atoms with Crippen LogP contribution in [0.15, 0.2) is 30.3 Å². The van der Waals surface area contributed by atoms with Crippen LogP contribution in [0.1, 0.15) is 250 Å². The van der Waals surface area contributed by atoms with Gasteiger partial charge in [-0.05, 0) is 24.8 Å². The lowest BCUT2D eigenvalue weighted by molar-refractivity contribution is -0.145. The van der Waals surface area contributed by atoms with Gasteiger partial charge in [0, 0.05) is 12.8 Å². The summed E-state index contributed by atoms with van der Waals surface area (Å²) in [5.74, 6) is -0.0481. The minimum atomic E-state index is -0.0668. The molecule has 0 heterocycles. The average Bonchev–Trinajstić information content (AvgIpc) is 3.16. The summed E-state index contributed by atoms with van der Waals surface area (Å²) in [5.41, 5.74) is 1.05. The predicted molar refractivity (Wildman–Crippen MR) is 224 cm³/mol. The number of hydrogen-bond acceptors (Lipinski definition) is 4. The van der Waals surface area contributed by atoms with Crippen LogP contribution in [-0.2, 0) is 25.7 Å². The standard InChI is InChI=1S/C48H86O4/c1-2-3-4-5-6-7-8-9-16-19-22-25-28-31-37-42-47(49)51-44-39-33-30-27-24-21-18-15-13-11-10-12-14-17-20-23-26-29-32-38-43-48(50)52-45-46-40-35-34-36-41-46/h34-36,40-41H,2-33,37-39,42-45H2,1H3. The van der Waals surface area contributed by atoms with Gasteiger partial charge in [-0.25, -0.2) is 0 Å². The zero-order valence-electron chi connectivity index (χ0n) is 34.6. The molecule has 0 saturated heterocycles. The lowest BCUT2D eigenvalue weighted by Crippen LogP contribution is -2.05. The summed E-state index contributed by atoms with van der Waals surface area (Å²) in [6, 6.07) is 9.91. The van der Waals surface area contributed by atoms with Crippen molar-refractivity contribution < 1.29 is 19.1 Å². The molecule has 0 atom stereocenters. The molecular weight excluding hydrogens is 641 g/mol. The van der Waals surface area contributed by atoms with Gasteiger partial charge in [-0.15, -0.1) is 0 Å². The van der Waals surface area contributed by atoms with E-state index in [-0.39, 0.29) is 11.9 Å². The Morgan fingerprint density at radius 1 is 0.365 bits per heavy atom. The average molecular weight is 727 g/mol. The monoisotopic (exact) mass is 727 g/mol. The summed E-state index contributed by atoms with van der Waals surface area (Å²) in [6.07, 6.45) is 47.6. The summed E-state index contributed by atoms with van der Waals surface area (Å²) >= 11 is 0. The Labute approximate surface area is 323 Å². The molecule has 0 amide bonds. The molecule has 0 spiro atoms. The highest BCUT2D eigenvalue weighted by atomic mass is 16.5. The number of carbonyl (C=O) groups excluding carboxylic acids is 2. The van der Waals surface area contributed by atoms with Crippen LogP contribution in [-0.4, -0.2) is 18.5 Å². The molecule has 0 fully saturated rings. The number of hydrogen-bond donors (Lipinski definition) is 0. The summed E-state index contributed by atoms with van der Waals surface area (Å²) < 4.78 is 10.8. The van der Waals surface area contributed by atoms with Gasteiger partial charge in [0.1, 0.15) is 6.61 Å². The number of benzene rings is 1. The van der Waals surface area contributed by atoms with Gasteiger partial charge in [0.05, 0.1) is 6.61 Å². The molecule has 1 aromatic rings. The van der Waals surface area contributed by atoms with Crippen molar-refractivity contribution in [3.05, 3.63) is 35.9 Å². The molecule has 0 aliphatic carbocycles. The first kappa shape index (κ1) is 48.2. The number of ether oxygens (including phenoxy) is 2. The Hall–Kier alpha value is -1.84. The van der Waals surface area contributed by atoms with E-state index in [9.17, 15) is 9.59 Å². The fourth-order valence-corrected chi connectivity index (χ4v) is 7.26. The van der Waals surface area contributed by atoms with Crippen LogP contribution in [0.5, 0.6) is 0 Å². The van der Waals surface area contributed by atoms with Gasteiger partial charge in [0.2, 0.25) is 0 Å². The van der Waals surface area contributed by atoms with Crippen LogP contribution in [0, 0.1) is 0 Å². The summed E-state index contributed by atoms with van der Waals surface area (Å²) in [6.45, 7) is 3.30. The Morgan fingerprint density at radius 3 is 1.00 bits per heavy atom. The van der Waals surface area contributed by atoms with E-state index in [1.807, 2.05) is 30.3 Å². The fraction of sp³-hybridized carbons (Fsp3) is 0.833. The van der Waals surface area contributed by atoms with Crippen LogP contribution in [0.2, 0.25) is 0 Å². The molecule has 52 heavy (non-hydrogen) atoms. The maximum atomic E-state index is 12.0. The van der Waals surface area contributed by atoms with E-state index in [2.05, 4.69) is 6.92 Å². The predicted octanol–water partition coefficient (Wildman–Crippen LogP) is 15.7. The molecule has 4 heteroatoms. The topological polar surface area (TPSA) is 52.6 Å². The van der Waals surface area contributed by atoms with Gasteiger partial charge in [-0.2, -0.15) is 0 Å². The quantitative estimate of drug-likeness (QED) is 0.0498. The van der Waals surface area contributed by atoms with Crippen molar-refractivity contribution in [2.24, 2.45) is 0 Å². The molecule has 1 rings (SSSR count). The molecule has 0 saturated carbocycles. The highest BCUT2D eigenvalue weighted by Gasteiger charge is 2.04. The normalized spacial score (nSPS) is 11.2. The zero-order chi connectivity index (χ0) is 37.3. The van der Waals surface area contributed by atoms with E-state index in [1.165, 1.54) is 199 Å². The highest BCUT2D eigenvalue weighted by Crippen LogP contribution is 2.17. The van der Waals surface area contributed by atoms with Gasteiger partial charge < -0.3 is 9.47 Å². The van der Waals surface area contributed by atoms with Crippen molar-refractivity contribution in [3.8, 4) is 0 Å². The third-order valence-corrected chi connectivity index (χ3v) is 10.8. The number of unbranched alkanes of at least 4 members (excludes halogenated alkanes) is 33. The van der Waals surface area contributed by atoms with Crippen molar-refractivity contribution in [2.45, 2.75) is 251 Å². The SMILES string of the molecule is CCCCCCCCCCCCCCCCCC(=O)OCCCCCCCCCCCCCCCCCCCCCCC(=O)OCc1ccccc1. The largest absolute Gasteiger partial charge is 0.466 e. The minimum absolute atomic E-state index is 0.0187. The fourth-order valence-electron chi connectivity index (χ4n) is 7.26. The third kappa shape index (κ3) is 36.5. The van der Waals surface area contributed by atoms with Crippen molar-refractivity contribution >= 4 is 11.9 Å². The smallest absolute Gasteiger partial charge is 0.306 e. The first-order valence-corrected chi connectivity index (χ1v) is 23.1. The van der Waals surface area contributed by atoms with E-state index < -0.39 is 0 Å². The molecule has 0 aromatic heterocycles. The van der Waals surface area contributed by atoms with Crippen LogP contribution in [0.4, 0.5) is 0 Å². The second-order valence-corrected chi connectivity index (χ2v) is 15.9. The van der Waals surface area contributed by atoms with Gasteiger partial charge in [-0.3, -0.25) is 9.59 Å². The summed E-state index contributed by atoms with van der Waals surface area (Å²) in [4.78, 5) is 23.9. The highest BCUT2D eigenvalue weighted by molar-refractivity contribution is 5.69. The second kappa shape index (κ2) is 40.3. The van der Waals surface area contributed by atoms with Crippen LogP contribution >= 0.6 is 0 Å². The molecule has 0 N–H and O–H groups in total. The van der Waals surface area contributed by atoms with Crippen LogP contribution in [0.3, 0.4) is 0 Å². The van der Waals surface area contributed by atoms with Crippen molar-refractivity contribution in [2.75, 3.05) is 6.61 Å². The molecule has 0 aliphatic rings. The Morgan fingerprint density at radius 2 is 0.654 bits per heavy atom.